The van der Waals surface area contributed by atoms with Crippen molar-refractivity contribution >= 4 is 45.1 Å². The van der Waals surface area contributed by atoms with Crippen LogP contribution in [0.1, 0.15) is 38.2 Å². The van der Waals surface area contributed by atoms with Crippen LogP contribution in [0.25, 0.3) is 10.2 Å². The zero-order chi connectivity index (χ0) is 19.4. The third kappa shape index (κ3) is 4.82. The molecule has 0 radical (unpaired) electrons. The summed E-state index contributed by atoms with van der Waals surface area (Å²) in [6, 6.07) is 6.60. The lowest BCUT2D eigenvalue weighted by atomic mass is 10.0. The smallest absolute Gasteiger partial charge is 0.258 e. The second-order valence-electron chi connectivity index (χ2n) is 7.06. The first-order valence-electron chi connectivity index (χ1n) is 9.50. The summed E-state index contributed by atoms with van der Waals surface area (Å²) in [4.78, 5) is 31.7. The highest BCUT2D eigenvalue weighted by Gasteiger charge is 2.25. The lowest BCUT2D eigenvalue weighted by molar-refractivity contribution is -0.132. The highest BCUT2D eigenvalue weighted by atomic mass is 32.2. The van der Waals surface area contributed by atoms with Crippen LogP contribution in [0.5, 0.6) is 0 Å². The number of carbonyl (C=O) groups is 2. The van der Waals surface area contributed by atoms with Gasteiger partial charge in [0.05, 0.1) is 21.7 Å². The minimum Gasteiger partial charge on any atom is -0.339 e. The maximum atomic E-state index is 12.5. The monoisotopic (exact) mass is 405 g/mol. The van der Waals surface area contributed by atoms with Gasteiger partial charge in [0.2, 0.25) is 5.91 Å². The minimum absolute atomic E-state index is 0.155. The van der Waals surface area contributed by atoms with Crippen molar-refractivity contribution in [2.45, 2.75) is 45.6 Å². The molecule has 7 heteroatoms. The fourth-order valence-electron chi connectivity index (χ4n) is 3.55. The van der Waals surface area contributed by atoms with Crippen LogP contribution in [-0.4, -0.2) is 45.4 Å². The van der Waals surface area contributed by atoms with Gasteiger partial charge in [0.1, 0.15) is 0 Å². The van der Waals surface area contributed by atoms with Crippen LogP contribution in [0.15, 0.2) is 23.2 Å². The molecule has 1 aliphatic rings. The first-order valence-corrected chi connectivity index (χ1v) is 11.5. The Kier molecular flexibility index (Phi) is 6.76. The van der Waals surface area contributed by atoms with E-state index in [0.717, 1.165) is 36.0 Å². The molecular weight excluding hydrogens is 378 g/mol. The summed E-state index contributed by atoms with van der Waals surface area (Å²) in [7, 11) is 1.93. The first kappa shape index (κ1) is 20.1. The van der Waals surface area contributed by atoms with Gasteiger partial charge in [-0.2, -0.15) is 4.99 Å². The lowest BCUT2D eigenvalue weighted by Gasteiger charge is -2.35. The van der Waals surface area contributed by atoms with Gasteiger partial charge in [-0.05, 0) is 50.3 Å². The molecule has 27 heavy (non-hydrogen) atoms. The Hall–Kier alpha value is -1.60. The zero-order valence-corrected chi connectivity index (χ0v) is 17.9. The highest BCUT2D eigenvalue weighted by molar-refractivity contribution is 8.00. The van der Waals surface area contributed by atoms with Gasteiger partial charge in [-0.15, -0.1) is 11.8 Å². The van der Waals surface area contributed by atoms with Crippen molar-refractivity contribution in [1.82, 2.24) is 9.47 Å². The maximum absolute atomic E-state index is 12.5. The fraction of sp³-hybridized carbons (Fsp3) is 0.550. The summed E-state index contributed by atoms with van der Waals surface area (Å²) < 4.78 is 3.08. The summed E-state index contributed by atoms with van der Waals surface area (Å²) >= 11 is 2.89. The molecule has 1 atom stereocenters. The predicted molar refractivity (Wildman–Crippen MR) is 113 cm³/mol. The number of thioether (sulfide) groups is 1. The molecule has 0 bridgehead atoms. The molecule has 2 heterocycles. The number of benzene rings is 1. The van der Waals surface area contributed by atoms with E-state index in [1.54, 1.807) is 0 Å². The molecular formula is C20H27N3O2S2. The Balaban J connectivity index is 1.59. The quantitative estimate of drug-likeness (QED) is 0.765. The third-order valence-corrected chi connectivity index (χ3v) is 7.05. The van der Waals surface area contributed by atoms with Gasteiger partial charge in [0.25, 0.3) is 5.91 Å². The van der Waals surface area contributed by atoms with Gasteiger partial charge >= 0.3 is 0 Å². The van der Waals surface area contributed by atoms with Gasteiger partial charge in [-0.1, -0.05) is 24.3 Å². The Morgan fingerprint density at radius 1 is 1.30 bits per heavy atom. The maximum Gasteiger partial charge on any atom is 0.258 e. The zero-order valence-electron chi connectivity index (χ0n) is 16.2. The fourth-order valence-corrected chi connectivity index (χ4v) is 5.36. The van der Waals surface area contributed by atoms with Crippen LogP contribution < -0.4 is 4.80 Å². The summed E-state index contributed by atoms with van der Waals surface area (Å²) in [5, 5.41) is 0. The number of likely N-dealkylation sites (tertiary alicyclic amines) is 1. The molecule has 3 rings (SSSR count). The number of nitrogens with zero attached hydrogens (tertiary/aromatic N) is 3. The number of aromatic nitrogens is 1. The van der Waals surface area contributed by atoms with Crippen molar-refractivity contribution in [3.63, 3.8) is 0 Å². The Morgan fingerprint density at radius 3 is 2.89 bits per heavy atom. The van der Waals surface area contributed by atoms with E-state index < -0.39 is 0 Å². The highest BCUT2D eigenvalue weighted by Crippen LogP contribution is 2.21. The lowest BCUT2D eigenvalue weighted by Crippen LogP contribution is -2.44. The van der Waals surface area contributed by atoms with Crippen LogP contribution in [0, 0.1) is 6.92 Å². The average molecular weight is 406 g/mol. The van der Waals surface area contributed by atoms with Gasteiger partial charge in [0, 0.05) is 19.6 Å². The largest absolute Gasteiger partial charge is 0.339 e. The van der Waals surface area contributed by atoms with E-state index in [4.69, 9.17) is 0 Å². The Bertz CT molecular complexity index is 900. The van der Waals surface area contributed by atoms with Gasteiger partial charge in [0.15, 0.2) is 4.80 Å². The molecule has 0 aliphatic carbocycles. The molecule has 1 fully saturated rings. The van der Waals surface area contributed by atoms with E-state index in [-0.39, 0.29) is 17.6 Å². The average Bonchev–Trinajstić information content (AvgIpc) is 2.96. The third-order valence-electron chi connectivity index (χ3n) is 5.05. The van der Waals surface area contributed by atoms with E-state index >= 15 is 0 Å². The molecule has 1 aromatic carbocycles. The van der Waals surface area contributed by atoms with E-state index in [1.165, 1.54) is 35.1 Å². The number of carbonyl (C=O) groups excluding carboxylic acids is 2. The van der Waals surface area contributed by atoms with Crippen molar-refractivity contribution < 1.29 is 9.59 Å². The van der Waals surface area contributed by atoms with Crippen LogP contribution in [0.2, 0.25) is 0 Å². The number of fused-ring (bicyclic) bond motifs is 1. The standard InChI is InChI=1S/C20H27N3O2S2/c1-4-15-7-5-6-10-23(15)19(25)13-26-12-18(24)21-20-22(3)16-9-8-14(2)11-17(16)27-20/h8-9,11,15H,4-7,10,12-13H2,1-3H3. The second-order valence-corrected chi connectivity index (χ2v) is 9.05. The second kappa shape index (κ2) is 9.06. The SMILES string of the molecule is CCC1CCCCN1C(=O)CSCC(=O)N=c1sc2cc(C)ccc2n1C. The number of hydrogen-bond acceptors (Lipinski definition) is 4. The first-order chi connectivity index (χ1) is 13.0. The molecule has 1 unspecified atom stereocenters. The van der Waals surface area contributed by atoms with E-state index in [9.17, 15) is 9.59 Å². The number of thiazole rings is 1. The van der Waals surface area contributed by atoms with Crippen LogP contribution in [-0.2, 0) is 16.6 Å². The van der Waals surface area contributed by atoms with Crippen molar-refractivity contribution in [2.24, 2.45) is 12.0 Å². The van der Waals surface area contributed by atoms with Crippen molar-refractivity contribution in [3.8, 4) is 0 Å². The number of aryl methyl sites for hydroxylation is 2. The van der Waals surface area contributed by atoms with Crippen LogP contribution in [0.3, 0.4) is 0 Å². The van der Waals surface area contributed by atoms with Crippen molar-refractivity contribution in [2.75, 3.05) is 18.1 Å². The van der Waals surface area contributed by atoms with Crippen molar-refractivity contribution in [3.05, 3.63) is 28.6 Å². The molecule has 146 valence electrons. The number of rotatable bonds is 5. The molecule has 0 saturated carbocycles. The molecule has 0 spiro atoms. The molecule has 1 saturated heterocycles. The Morgan fingerprint density at radius 2 is 2.11 bits per heavy atom. The molecule has 1 aliphatic heterocycles. The molecule has 5 nitrogen and oxygen atoms in total. The predicted octanol–water partition coefficient (Wildman–Crippen LogP) is 3.50. The molecule has 2 aromatic rings. The van der Waals surface area contributed by atoms with E-state index in [2.05, 4.69) is 37.0 Å². The van der Waals surface area contributed by atoms with Crippen molar-refractivity contribution in [1.29, 1.82) is 0 Å². The number of hydrogen-bond donors (Lipinski definition) is 0. The Labute approximate surface area is 168 Å². The molecule has 1 aromatic heterocycles. The number of piperidine rings is 1. The molecule has 2 amide bonds. The summed E-state index contributed by atoms with van der Waals surface area (Å²) in [6.45, 7) is 5.05. The van der Waals surface area contributed by atoms with E-state index in [1.807, 2.05) is 16.5 Å². The van der Waals surface area contributed by atoms with Gasteiger partial charge < -0.3 is 9.47 Å². The molecule has 0 N–H and O–H groups in total. The van der Waals surface area contributed by atoms with Gasteiger partial charge in [-0.3, -0.25) is 9.59 Å². The van der Waals surface area contributed by atoms with Crippen LogP contribution >= 0.6 is 23.1 Å². The summed E-state index contributed by atoms with van der Waals surface area (Å²) in [5.74, 6) is 0.568. The van der Waals surface area contributed by atoms with Gasteiger partial charge in [-0.25, -0.2) is 0 Å². The summed E-state index contributed by atoms with van der Waals surface area (Å²) in [5.41, 5.74) is 2.27. The van der Waals surface area contributed by atoms with Crippen LogP contribution in [0.4, 0.5) is 0 Å². The number of amides is 2. The minimum atomic E-state index is -0.183. The van der Waals surface area contributed by atoms with E-state index in [0.29, 0.717) is 16.6 Å². The topological polar surface area (TPSA) is 54.7 Å². The summed E-state index contributed by atoms with van der Waals surface area (Å²) in [6.07, 6.45) is 4.40. The normalized spacial score (nSPS) is 18.3.